The molecule has 0 atom stereocenters. The number of amidine groups is 2. The molecular weight excluding hydrogens is 467 g/mol. The number of fused-ring (bicyclic) bond motifs is 1. The number of amides is 2. The Bertz CT molecular complexity index is 1340. The standard InChI is InChI=1S/C25H25FN6O2S/c1-15-11-17(16(2)31(15)19-8-6-7-18(26)13-19)12-20-23(27)32-25(28-24(20)34)35-21(29-32)14-22(33)30-9-4-3-5-10-30/h6-8,11-13,27H,3-5,9-10,14H2,1-2H3/b20-12+,27-23?. The molecule has 0 unspecified atom stereocenters. The highest BCUT2D eigenvalue weighted by Crippen LogP contribution is 2.31. The highest BCUT2D eigenvalue weighted by molar-refractivity contribution is 8.27. The van der Waals surface area contributed by atoms with Gasteiger partial charge < -0.3 is 9.47 Å². The molecule has 35 heavy (non-hydrogen) atoms. The number of piperidine rings is 1. The Hall–Kier alpha value is -3.53. The lowest BCUT2D eigenvalue weighted by molar-refractivity contribution is -0.130. The summed E-state index contributed by atoms with van der Waals surface area (Å²) < 4.78 is 15.7. The number of nitrogens with zero attached hydrogens (tertiary/aromatic N) is 5. The molecule has 0 aliphatic carbocycles. The fraction of sp³-hybridized carbons (Fsp3) is 0.320. The number of hydrogen-bond donors (Lipinski definition) is 1. The van der Waals surface area contributed by atoms with Crippen LogP contribution in [-0.2, 0) is 9.59 Å². The summed E-state index contributed by atoms with van der Waals surface area (Å²) in [5.74, 6) is -0.929. The molecule has 1 aromatic carbocycles. The monoisotopic (exact) mass is 492 g/mol. The van der Waals surface area contributed by atoms with Crippen LogP contribution >= 0.6 is 11.8 Å². The van der Waals surface area contributed by atoms with Gasteiger partial charge in [0.25, 0.3) is 5.91 Å². The normalized spacial score (nSPS) is 19.2. The zero-order valence-corrected chi connectivity index (χ0v) is 20.4. The summed E-state index contributed by atoms with van der Waals surface area (Å²) in [6, 6.07) is 8.19. The number of benzene rings is 1. The predicted molar refractivity (Wildman–Crippen MR) is 135 cm³/mol. The predicted octanol–water partition coefficient (Wildman–Crippen LogP) is 4.26. The van der Waals surface area contributed by atoms with E-state index in [2.05, 4.69) is 10.1 Å². The van der Waals surface area contributed by atoms with Crippen molar-refractivity contribution in [2.75, 3.05) is 13.1 Å². The van der Waals surface area contributed by atoms with Gasteiger partial charge in [-0.2, -0.15) is 15.1 Å². The van der Waals surface area contributed by atoms with Gasteiger partial charge in [0, 0.05) is 30.2 Å². The first kappa shape index (κ1) is 23.2. The second-order valence-electron chi connectivity index (χ2n) is 8.77. The third kappa shape index (κ3) is 4.45. The number of carbonyl (C=O) groups is 2. The van der Waals surface area contributed by atoms with E-state index in [1.807, 2.05) is 35.4 Å². The summed E-state index contributed by atoms with van der Waals surface area (Å²) >= 11 is 1.16. The molecule has 5 rings (SSSR count). The van der Waals surface area contributed by atoms with Gasteiger partial charge in [-0.1, -0.05) is 6.07 Å². The number of aryl methyl sites for hydroxylation is 1. The van der Waals surface area contributed by atoms with Crippen LogP contribution in [0.2, 0.25) is 0 Å². The van der Waals surface area contributed by atoms with Gasteiger partial charge in [-0.15, -0.1) is 0 Å². The van der Waals surface area contributed by atoms with Gasteiger partial charge in [-0.3, -0.25) is 15.0 Å². The Morgan fingerprint density at radius 2 is 1.97 bits per heavy atom. The zero-order valence-electron chi connectivity index (χ0n) is 19.5. The van der Waals surface area contributed by atoms with Crippen LogP contribution in [0.1, 0.15) is 42.6 Å². The minimum absolute atomic E-state index is 0.00908. The molecule has 2 amide bonds. The molecule has 4 heterocycles. The molecule has 2 aromatic rings. The van der Waals surface area contributed by atoms with Crippen molar-refractivity contribution >= 4 is 45.7 Å². The van der Waals surface area contributed by atoms with Crippen molar-refractivity contribution in [2.45, 2.75) is 39.5 Å². The van der Waals surface area contributed by atoms with Crippen molar-refractivity contribution in [3.05, 3.63) is 58.7 Å². The molecule has 1 fully saturated rings. The van der Waals surface area contributed by atoms with Crippen LogP contribution in [0.3, 0.4) is 0 Å². The minimum atomic E-state index is -0.525. The summed E-state index contributed by atoms with van der Waals surface area (Å²) in [6.45, 7) is 5.30. The maximum absolute atomic E-state index is 13.8. The van der Waals surface area contributed by atoms with Gasteiger partial charge in [0.2, 0.25) is 11.1 Å². The summed E-state index contributed by atoms with van der Waals surface area (Å²) in [4.78, 5) is 31.4. The Labute approximate surface area is 206 Å². The van der Waals surface area contributed by atoms with E-state index in [1.54, 1.807) is 12.1 Å². The topological polar surface area (TPSA) is 94.1 Å². The number of nitrogens with one attached hydrogen (secondary N) is 1. The molecule has 1 aromatic heterocycles. The van der Waals surface area contributed by atoms with Crippen molar-refractivity contribution in [3.63, 3.8) is 0 Å². The number of thioether (sulfide) groups is 1. The maximum Gasteiger partial charge on any atom is 0.283 e. The third-order valence-corrected chi connectivity index (χ3v) is 7.25. The molecular formula is C25H25FN6O2S. The quantitative estimate of drug-likeness (QED) is 0.646. The molecule has 180 valence electrons. The number of carbonyl (C=O) groups excluding carboxylic acids is 2. The van der Waals surface area contributed by atoms with Crippen molar-refractivity contribution in [2.24, 2.45) is 10.1 Å². The van der Waals surface area contributed by atoms with Crippen LogP contribution in [-0.4, -0.2) is 55.4 Å². The molecule has 0 bridgehead atoms. The highest BCUT2D eigenvalue weighted by Gasteiger charge is 2.36. The summed E-state index contributed by atoms with van der Waals surface area (Å²) in [5, 5.41) is 15.2. The first-order chi connectivity index (χ1) is 16.8. The van der Waals surface area contributed by atoms with Gasteiger partial charge in [0.1, 0.15) is 10.9 Å². The fourth-order valence-corrected chi connectivity index (χ4v) is 5.47. The van der Waals surface area contributed by atoms with E-state index < -0.39 is 5.91 Å². The number of hydrazone groups is 1. The average Bonchev–Trinajstić information content (AvgIpc) is 3.36. The lowest BCUT2D eigenvalue weighted by Crippen LogP contribution is -2.36. The smallest absolute Gasteiger partial charge is 0.283 e. The third-order valence-electron chi connectivity index (χ3n) is 6.34. The van der Waals surface area contributed by atoms with E-state index in [1.165, 1.54) is 17.1 Å². The van der Waals surface area contributed by atoms with E-state index in [0.717, 1.165) is 61.1 Å². The lowest BCUT2D eigenvalue weighted by Gasteiger charge is -2.26. The van der Waals surface area contributed by atoms with Crippen molar-refractivity contribution < 1.29 is 14.0 Å². The van der Waals surface area contributed by atoms with Gasteiger partial charge in [0.15, 0.2) is 5.84 Å². The Balaban J connectivity index is 1.40. The minimum Gasteiger partial charge on any atom is -0.342 e. The van der Waals surface area contributed by atoms with Gasteiger partial charge in [0.05, 0.1) is 12.0 Å². The fourth-order valence-electron chi connectivity index (χ4n) is 4.59. The van der Waals surface area contributed by atoms with E-state index in [4.69, 9.17) is 5.41 Å². The summed E-state index contributed by atoms with van der Waals surface area (Å²) in [5.41, 5.74) is 3.20. The molecule has 0 saturated carbocycles. The van der Waals surface area contributed by atoms with Crippen LogP contribution in [0.25, 0.3) is 11.8 Å². The highest BCUT2D eigenvalue weighted by atomic mass is 32.2. The number of likely N-dealkylation sites (tertiary alicyclic amines) is 1. The summed E-state index contributed by atoms with van der Waals surface area (Å²) in [6.07, 6.45) is 4.92. The SMILES string of the molecule is Cc1cc(/C=C2\C(=N)N3N=C(CC(=O)N4CCCCC4)SC3=NC2=O)c(C)n1-c1cccc(F)c1. The number of aromatic nitrogens is 1. The second kappa shape index (κ2) is 9.26. The van der Waals surface area contributed by atoms with Crippen molar-refractivity contribution in [1.29, 1.82) is 5.41 Å². The van der Waals surface area contributed by atoms with E-state index in [0.29, 0.717) is 15.9 Å². The van der Waals surface area contributed by atoms with Gasteiger partial charge >= 0.3 is 0 Å². The van der Waals surface area contributed by atoms with Crippen molar-refractivity contribution in [3.8, 4) is 5.69 Å². The molecule has 10 heteroatoms. The molecule has 1 saturated heterocycles. The number of rotatable bonds is 4. The maximum atomic E-state index is 13.8. The number of halogens is 1. The zero-order chi connectivity index (χ0) is 24.7. The molecule has 8 nitrogen and oxygen atoms in total. The molecule has 1 N–H and O–H groups in total. The first-order valence-electron chi connectivity index (χ1n) is 11.5. The molecule has 3 aliphatic heterocycles. The van der Waals surface area contributed by atoms with Crippen LogP contribution in [0.15, 0.2) is 46.0 Å². The van der Waals surface area contributed by atoms with Crippen LogP contribution in [0.4, 0.5) is 4.39 Å². The first-order valence-corrected chi connectivity index (χ1v) is 12.4. The van der Waals surface area contributed by atoms with Crippen LogP contribution in [0.5, 0.6) is 0 Å². The average molecular weight is 493 g/mol. The molecule has 0 spiro atoms. The molecule has 0 radical (unpaired) electrons. The molecule has 3 aliphatic rings. The number of hydrogen-bond acceptors (Lipinski definition) is 5. The second-order valence-corrected chi connectivity index (χ2v) is 9.81. The van der Waals surface area contributed by atoms with E-state index in [-0.39, 0.29) is 29.6 Å². The Morgan fingerprint density at radius 1 is 1.20 bits per heavy atom. The van der Waals surface area contributed by atoms with Gasteiger partial charge in [-0.25, -0.2) is 4.39 Å². The number of aliphatic imine (C=N–C) groups is 1. The van der Waals surface area contributed by atoms with E-state index in [9.17, 15) is 14.0 Å². The van der Waals surface area contributed by atoms with Crippen molar-refractivity contribution in [1.82, 2.24) is 14.5 Å². The Kier molecular flexibility index (Phi) is 6.14. The largest absolute Gasteiger partial charge is 0.342 e. The summed E-state index contributed by atoms with van der Waals surface area (Å²) in [7, 11) is 0. The van der Waals surface area contributed by atoms with Crippen LogP contribution < -0.4 is 0 Å². The Morgan fingerprint density at radius 3 is 2.71 bits per heavy atom. The van der Waals surface area contributed by atoms with Crippen LogP contribution in [0, 0.1) is 25.1 Å². The van der Waals surface area contributed by atoms with Gasteiger partial charge in [-0.05, 0) is 80.8 Å². The van der Waals surface area contributed by atoms with E-state index >= 15 is 0 Å². The lowest BCUT2D eigenvalue weighted by atomic mass is 10.1.